The number of fused-ring (bicyclic) bond motifs is 1. The summed E-state index contributed by atoms with van der Waals surface area (Å²) in [6, 6.07) is 22.5. The first kappa shape index (κ1) is 26.5. The Morgan fingerprint density at radius 3 is 2.60 bits per heavy atom. The lowest BCUT2D eigenvalue weighted by Crippen LogP contribution is -2.52. The highest BCUT2D eigenvalue weighted by Gasteiger charge is 2.28. The zero-order valence-corrected chi connectivity index (χ0v) is 22.6. The number of nitrogens with one attached hydrogen (secondary N) is 1. The molecule has 9 nitrogen and oxygen atoms in total. The molecule has 3 aromatic carbocycles. The van der Waals surface area contributed by atoms with Crippen LogP contribution in [0.15, 0.2) is 60.7 Å². The third-order valence-electron chi connectivity index (χ3n) is 7.27. The number of anilines is 3. The van der Waals surface area contributed by atoms with Crippen molar-refractivity contribution < 1.29 is 9.90 Å². The molecular weight excluding hydrogens is 502 g/mol. The van der Waals surface area contributed by atoms with Gasteiger partial charge < -0.3 is 20.2 Å². The van der Waals surface area contributed by atoms with Crippen LogP contribution in [0.3, 0.4) is 0 Å². The molecule has 2 atom stereocenters. The molecule has 0 spiro atoms. The van der Waals surface area contributed by atoms with Crippen molar-refractivity contribution in [3.8, 4) is 12.1 Å². The maximum atomic E-state index is 11.8. The largest absolute Gasteiger partial charge is 0.478 e. The molecule has 1 aromatic heterocycles. The SMILES string of the molecule is Cc1cc([C@@H](C)Nc2ccccc2C(=O)O)c2nc(N3CCN(c4cccc(C#N)c4)CC3C)c(C#N)nc2c1. The first-order valence-electron chi connectivity index (χ1n) is 13.1. The fourth-order valence-electron chi connectivity index (χ4n) is 5.31. The number of carbonyl (C=O) groups is 1. The van der Waals surface area contributed by atoms with Gasteiger partial charge in [0.05, 0.1) is 34.3 Å². The fraction of sp³-hybridized carbons (Fsp3) is 0.258. The number of hydrogen-bond acceptors (Lipinski definition) is 8. The summed E-state index contributed by atoms with van der Waals surface area (Å²) in [5, 5.41) is 32.3. The summed E-state index contributed by atoms with van der Waals surface area (Å²) in [4.78, 5) is 25.9. The van der Waals surface area contributed by atoms with Gasteiger partial charge in [-0.15, -0.1) is 0 Å². The van der Waals surface area contributed by atoms with Gasteiger partial charge in [-0.1, -0.05) is 24.3 Å². The van der Waals surface area contributed by atoms with Crippen molar-refractivity contribution >= 4 is 34.2 Å². The molecule has 2 N–H and O–H groups in total. The number of carboxylic acids is 1. The molecular formula is C31H29N7O2. The molecule has 1 unspecified atom stereocenters. The molecule has 1 aliphatic heterocycles. The first-order valence-corrected chi connectivity index (χ1v) is 13.1. The minimum absolute atomic E-state index is 0.0326. The summed E-state index contributed by atoms with van der Waals surface area (Å²) in [6.45, 7) is 8.05. The van der Waals surface area contributed by atoms with Crippen LogP contribution in [0.4, 0.5) is 17.2 Å². The zero-order chi connectivity index (χ0) is 28.4. The lowest BCUT2D eigenvalue weighted by molar-refractivity contribution is 0.0698. The van der Waals surface area contributed by atoms with E-state index in [-0.39, 0.29) is 23.3 Å². The van der Waals surface area contributed by atoms with Gasteiger partial charge in [0, 0.05) is 42.6 Å². The number of aryl methyl sites for hydroxylation is 1. The average Bonchev–Trinajstić information content (AvgIpc) is 2.96. The summed E-state index contributed by atoms with van der Waals surface area (Å²) >= 11 is 0. The maximum Gasteiger partial charge on any atom is 0.337 e. The molecule has 9 heteroatoms. The van der Waals surface area contributed by atoms with Gasteiger partial charge in [0.1, 0.15) is 6.07 Å². The summed E-state index contributed by atoms with van der Waals surface area (Å²) in [6.07, 6.45) is 0. The van der Waals surface area contributed by atoms with E-state index in [1.165, 1.54) is 0 Å². The van der Waals surface area contributed by atoms with Crippen LogP contribution in [0, 0.1) is 29.6 Å². The van der Waals surface area contributed by atoms with E-state index in [1.54, 1.807) is 30.3 Å². The van der Waals surface area contributed by atoms with E-state index >= 15 is 0 Å². The lowest BCUT2D eigenvalue weighted by Gasteiger charge is -2.41. The summed E-state index contributed by atoms with van der Waals surface area (Å²) < 4.78 is 0. The van der Waals surface area contributed by atoms with Crippen molar-refractivity contribution in [2.75, 3.05) is 34.8 Å². The van der Waals surface area contributed by atoms with Crippen LogP contribution >= 0.6 is 0 Å². The van der Waals surface area contributed by atoms with Gasteiger partial charge in [0.2, 0.25) is 0 Å². The van der Waals surface area contributed by atoms with Crippen LogP contribution in [0.25, 0.3) is 11.0 Å². The molecule has 1 fully saturated rings. The van der Waals surface area contributed by atoms with Gasteiger partial charge in [0.25, 0.3) is 0 Å². The molecule has 40 heavy (non-hydrogen) atoms. The number of nitrogens with zero attached hydrogens (tertiary/aromatic N) is 6. The highest BCUT2D eigenvalue weighted by molar-refractivity contribution is 5.94. The van der Waals surface area contributed by atoms with Crippen molar-refractivity contribution in [2.45, 2.75) is 32.9 Å². The van der Waals surface area contributed by atoms with Crippen molar-refractivity contribution in [2.24, 2.45) is 0 Å². The summed E-state index contributed by atoms with van der Waals surface area (Å²) in [5.74, 6) is -0.464. The molecule has 0 bridgehead atoms. The Hall–Kier alpha value is -5.15. The number of aromatic nitrogens is 2. The smallest absolute Gasteiger partial charge is 0.337 e. The first-order chi connectivity index (χ1) is 19.3. The summed E-state index contributed by atoms with van der Waals surface area (Å²) in [7, 11) is 0. The molecule has 4 aromatic rings. The van der Waals surface area contributed by atoms with Gasteiger partial charge >= 0.3 is 5.97 Å². The number of para-hydroxylation sites is 1. The van der Waals surface area contributed by atoms with Crippen molar-refractivity contribution in [3.05, 3.63) is 88.6 Å². The van der Waals surface area contributed by atoms with Crippen LogP contribution in [-0.4, -0.2) is 46.7 Å². The number of aromatic carboxylic acids is 1. The third-order valence-corrected chi connectivity index (χ3v) is 7.27. The van der Waals surface area contributed by atoms with Crippen molar-refractivity contribution in [3.63, 3.8) is 0 Å². The Morgan fingerprint density at radius 2 is 1.88 bits per heavy atom. The monoisotopic (exact) mass is 531 g/mol. The minimum Gasteiger partial charge on any atom is -0.478 e. The van der Waals surface area contributed by atoms with Crippen LogP contribution in [-0.2, 0) is 0 Å². The molecule has 0 saturated carbocycles. The maximum absolute atomic E-state index is 11.8. The molecule has 0 radical (unpaired) electrons. The predicted octanol–water partition coefficient (Wildman–Crippen LogP) is 5.27. The van der Waals surface area contributed by atoms with Gasteiger partial charge in [-0.2, -0.15) is 10.5 Å². The van der Waals surface area contributed by atoms with E-state index in [0.29, 0.717) is 47.7 Å². The second-order valence-electron chi connectivity index (χ2n) is 10.1. The Kier molecular flexibility index (Phi) is 7.22. The second kappa shape index (κ2) is 10.9. The highest BCUT2D eigenvalue weighted by Crippen LogP contribution is 2.32. The number of hydrogen-bond donors (Lipinski definition) is 2. The highest BCUT2D eigenvalue weighted by atomic mass is 16.4. The van der Waals surface area contributed by atoms with Crippen LogP contribution in [0.1, 0.15) is 52.6 Å². The van der Waals surface area contributed by atoms with E-state index in [2.05, 4.69) is 34.2 Å². The second-order valence-corrected chi connectivity index (χ2v) is 10.1. The predicted molar refractivity (Wildman–Crippen MR) is 155 cm³/mol. The Labute approximate surface area is 232 Å². The Balaban J connectivity index is 1.50. The number of rotatable bonds is 6. The normalized spacial score (nSPS) is 15.8. The van der Waals surface area contributed by atoms with Gasteiger partial charge in [0.15, 0.2) is 11.5 Å². The standard InChI is InChI=1S/C31H29N7O2/c1-19-13-25(21(3)34-26-10-5-4-9-24(26)31(39)40)29-27(14-19)35-28(17-33)30(36-29)38-12-11-37(18-20(38)2)23-8-6-7-22(15-23)16-32/h4-10,13-15,20-21,34H,11-12,18H2,1-3H3,(H,39,40)/t20?,21-/m1/s1. The lowest BCUT2D eigenvalue weighted by atomic mass is 10.0. The topological polar surface area (TPSA) is 129 Å². The van der Waals surface area contributed by atoms with Gasteiger partial charge in [-0.05, 0) is 62.7 Å². The van der Waals surface area contributed by atoms with E-state index < -0.39 is 5.97 Å². The Bertz CT molecular complexity index is 1690. The number of nitriles is 2. The minimum atomic E-state index is -1.00. The fourth-order valence-corrected chi connectivity index (χ4v) is 5.31. The van der Waals surface area contributed by atoms with E-state index in [9.17, 15) is 20.4 Å². The van der Waals surface area contributed by atoms with Gasteiger partial charge in [-0.25, -0.2) is 14.8 Å². The van der Waals surface area contributed by atoms with E-state index in [1.807, 2.05) is 44.2 Å². The summed E-state index contributed by atoms with van der Waals surface area (Å²) in [5.41, 5.74) is 5.72. The molecule has 1 aliphatic rings. The molecule has 200 valence electrons. The van der Waals surface area contributed by atoms with Crippen LogP contribution in [0.5, 0.6) is 0 Å². The Morgan fingerprint density at radius 1 is 1.07 bits per heavy atom. The number of benzene rings is 3. The number of piperazine rings is 1. The van der Waals surface area contributed by atoms with E-state index in [4.69, 9.17) is 9.97 Å². The molecule has 0 aliphatic carbocycles. The third kappa shape index (κ3) is 5.10. The van der Waals surface area contributed by atoms with Crippen molar-refractivity contribution in [1.29, 1.82) is 10.5 Å². The molecule has 2 heterocycles. The van der Waals surface area contributed by atoms with Crippen LogP contribution < -0.4 is 15.1 Å². The van der Waals surface area contributed by atoms with Crippen LogP contribution in [0.2, 0.25) is 0 Å². The zero-order valence-electron chi connectivity index (χ0n) is 22.6. The molecule has 5 rings (SSSR count). The number of carboxylic acid groups (broad SMARTS) is 1. The molecule has 0 amide bonds. The van der Waals surface area contributed by atoms with Crippen molar-refractivity contribution in [1.82, 2.24) is 9.97 Å². The molecule has 1 saturated heterocycles. The quantitative estimate of drug-likeness (QED) is 0.342. The van der Waals surface area contributed by atoms with E-state index in [0.717, 1.165) is 16.8 Å². The van der Waals surface area contributed by atoms with Gasteiger partial charge in [-0.3, -0.25) is 0 Å². The average molecular weight is 532 g/mol.